The lowest BCUT2D eigenvalue weighted by molar-refractivity contribution is -0.132. The van der Waals surface area contributed by atoms with E-state index in [0.29, 0.717) is 34.7 Å². The van der Waals surface area contributed by atoms with Crippen molar-refractivity contribution in [2.24, 2.45) is 0 Å². The number of aromatic amines is 2. The van der Waals surface area contributed by atoms with E-state index < -0.39 is 20.5 Å². The second kappa shape index (κ2) is 8.78. The predicted molar refractivity (Wildman–Crippen MR) is 115 cm³/mol. The zero-order valence-corrected chi connectivity index (χ0v) is 19.1. The van der Waals surface area contributed by atoms with Crippen molar-refractivity contribution in [2.45, 2.75) is 37.8 Å². The van der Waals surface area contributed by atoms with Crippen molar-refractivity contribution in [3.8, 4) is 6.07 Å². The van der Waals surface area contributed by atoms with Crippen LogP contribution in [0.1, 0.15) is 34.5 Å². The molecule has 3 rings (SSSR count). The number of H-pyrrole nitrogens is 2. The number of nitrogens with zero attached hydrogens (tertiary/aromatic N) is 3. The molecule has 0 bridgehead atoms. The van der Waals surface area contributed by atoms with Crippen LogP contribution in [0.25, 0.3) is 0 Å². The normalized spacial score (nSPS) is 15.1. The van der Waals surface area contributed by atoms with Crippen LogP contribution in [-0.4, -0.2) is 59.7 Å². The monoisotopic (exact) mass is 465 g/mol. The smallest absolute Gasteiger partial charge is 0.305 e. The number of rotatable bonds is 5. The number of sulfonamides is 1. The highest BCUT2D eigenvalue weighted by Gasteiger charge is 2.32. The summed E-state index contributed by atoms with van der Waals surface area (Å²) in [7, 11) is -3.78. The summed E-state index contributed by atoms with van der Waals surface area (Å²) in [5.74, 6) is -0.122. The number of aromatic nitrogens is 2. The number of carbonyl (C=O) groups is 1. The van der Waals surface area contributed by atoms with E-state index in [4.69, 9.17) is 5.26 Å². The Morgan fingerprint density at radius 3 is 2.29 bits per heavy atom. The topological polar surface area (TPSA) is 147 Å². The summed E-state index contributed by atoms with van der Waals surface area (Å²) in [6, 6.07) is 1.90. The molecule has 2 N–H and O–H groups in total. The predicted octanol–water partition coefficient (Wildman–Crippen LogP) is 0.387. The van der Waals surface area contributed by atoms with Crippen molar-refractivity contribution in [1.82, 2.24) is 19.2 Å². The summed E-state index contributed by atoms with van der Waals surface area (Å²) in [5, 5.41) is 9.17. The highest BCUT2D eigenvalue weighted by molar-refractivity contribution is 7.91. The van der Waals surface area contributed by atoms with Crippen LogP contribution in [0, 0.1) is 32.1 Å². The Kier molecular flexibility index (Phi) is 6.49. The molecule has 3 heterocycles. The third kappa shape index (κ3) is 4.48. The molecule has 12 heteroatoms. The first kappa shape index (κ1) is 22.9. The van der Waals surface area contributed by atoms with E-state index in [1.54, 1.807) is 25.7 Å². The minimum atomic E-state index is -3.78. The van der Waals surface area contributed by atoms with Crippen LogP contribution in [0.3, 0.4) is 0 Å². The van der Waals surface area contributed by atoms with E-state index in [9.17, 15) is 22.8 Å². The van der Waals surface area contributed by atoms with Gasteiger partial charge in [0.15, 0.2) is 4.21 Å². The molecule has 1 aliphatic rings. The quantitative estimate of drug-likeness (QED) is 0.653. The number of amides is 1. The second-order valence-corrected chi connectivity index (χ2v) is 10.5. The zero-order valence-electron chi connectivity index (χ0n) is 17.4. The summed E-state index contributed by atoms with van der Waals surface area (Å²) in [4.78, 5) is 42.3. The third-order valence-corrected chi connectivity index (χ3v) is 8.94. The highest BCUT2D eigenvalue weighted by Crippen LogP contribution is 2.23. The zero-order chi connectivity index (χ0) is 22.9. The van der Waals surface area contributed by atoms with Crippen molar-refractivity contribution in [3.63, 3.8) is 0 Å². The van der Waals surface area contributed by atoms with Crippen LogP contribution in [-0.2, 0) is 21.2 Å². The molecule has 1 aliphatic heterocycles. The van der Waals surface area contributed by atoms with E-state index in [0.717, 1.165) is 5.56 Å². The van der Waals surface area contributed by atoms with E-state index in [-0.39, 0.29) is 48.3 Å². The molecule has 166 valence electrons. The van der Waals surface area contributed by atoms with Gasteiger partial charge in [-0.2, -0.15) is 9.57 Å². The number of pyridine rings is 1. The lowest BCUT2D eigenvalue weighted by atomic mass is 9.99. The van der Waals surface area contributed by atoms with E-state index in [1.807, 2.05) is 6.07 Å². The molecule has 10 nitrogen and oxygen atoms in total. The number of thiazole rings is 1. The summed E-state index contributed by atoms with van der Waals surface area (Å²) < 4.78 is 26.9. The van der Waals surface area contributed by atoms with E-state index in [1.165, 1.54) is 4.31 Å². The molecule has 0 spiro atoms. The fraction of sp³-hybridized carbons (Fsp3) is 0.474. The standard InChI is InChI=1S/C19H23N5O5S2/c1-11-14(12(2)21-17(26)15(11)10-20)4-5-16(25)23-6-8-24(9-7-23)31(28,29)18-13(3)22-19(27)30-18/h4-9H2,1-3H3,(H,21,26)(H,22,27). The SMILES string of the molecule is Cc1[nH]c(=O)sc1S(=O)(=O)N1CCN(C(=O)CCc2c(C)[nH]c(=O)c(C#N)c2C)CC1. The fourth-order valence-corrected chi connectivity index (χ4v) is 6.60. The van der Waals surface area contributed by atoms with Gasteiger partial charge in [0.05, 0.1) is 0 Å². The van der Waals surface area contributed by atoms with Crippen LogP contribution >= 0.6 is 11.3 Å². The molecule has 0 atom stereocenters. The molecule has 2 aromatic rings. The van der Waals surface area contributed by atoms with Gasteiger partial charge in [-0.05, 0) is 38.3 Å². The minimum absolute atomic E-state index is 0.00888. The fourth-order valence-electron chi connectivity index (χ4n) is 3.74. The lowest BCUT2D eigenvalue weighted by Crippen LogP contribution is -2.50. The van der Waals surface area contributed by atoms with Crippen LogP contribution in [0.5, 0.6) is 0 Å². The Morgan fingerprint density at radius 2 is 1.74 bits per heavy atom. The number of piperazine rings is 1. The molecule has 2 aromatic heterocycles. The third-order valence-electron chi connectivity index (χ3n) is 5.46. The molecule has 0 saturated carbocycles. The molecule has 1 fully saturated rings. The van der Waals surface area contributed by atoms with Crippen molar-refractivity contribution in [3.05, 3.63) is 48.1 Å². The summed E-state index contributed by atoms with van der Waals surface area (Å²) in [6.45, 7) is 5.78. The van der Waals surface area contributed by atoms with E-state index >= 15 is 0 Å². The number of hydrogen-bond acceptors (Lipinski definition) is 7. The Balaban J connectivity index is 1.64. The van der Waals surface area contributed by atoms with Gasteiger partial charge in [-0.1, -0.05) is 11.3 Å². The lowest BCUT2D eigenvalue weighted by Gasteiger charge is -2.34. The Hall–Kier alpha value is -2.75. The molecule has 0 aromatic carbocycles. The van der Waals surface area contributed by atoms with Gasteiger partial charge >= 0.3 is 4.87 Å². The van der Waals surface area contributed by atoms with Crippen molar-refractivity contribution in [2.75, 3.05) is 26.2 Å². The van der Waals surface area contributed by atoms with Crippen LogP contribution in [0.15, 0.2) is 13.8 Å². The molecule has 31 heavy (non-hydrogen) atoms. The number of nitrogens with one attached hydrogen (secondary N) is 2. The van der Waals surface area contributed by atoms with Crippen LogP contribution < -0.4 is 10.4 Å². The van der Waals surface area contributed by atoms with Crippen LogP contribution in [0.2, 0.25) is 0 Å². The van der Waals surface area contributed by atoms with Gasteiger partial charge in [0.1, 0.15) is 11.6 Å². The number of hydrogen-bond donors (Lipinski definition) is 2. The number of nitriles is 1. The largest absolute Gasteiger partial charge is 0.340 e. The maximum atomic E-state index is 12.8. The summed E-state index contributed by atoms with van der Waals surface area (Å²) >= 11 is 0.665. The molecular formula is C19H23N5O5S2. The van der Waals surface area contributed by atoms with Gasteiger partial charge in [-0.25, -0.2) is 8.42 Å². The van der Waals surface area contributed by atoms with Crippen molar-refractivity contribution < 1.29 is 13.2 Å². The van der Waals surface area contributed by atoms with E-state index in [2.05, 4.69) is 9.97 Å². The summed E-state index contributed by atoms with van der Waals surface area (Å²) in [5.41, 5.74) is 1.90. The van der Waals surface area contributed by atoms with Gasteiger partial charge in [0, 0.05) is 44.0 Å². The molecular weight excluding hydrogens is 442 g/mol. The maximum Gasteiger partial charge on any atom is 0.305 e. The van der Waals surface area contributed by atoms with Crippen molar-refractivity contribution in [1.29, 1.82) is 5.26 Å². The Morgan fingerprint density at radius 1 is 1.10 bits per heavy atom. The first-order chi connectivity index (χ1) is 14.6. The number of carbonyl (C=O) groups excluding carboxylic acids is 1. The van der Waals surface area contributed by atoms with Gasteiger partial charge in [-0.15, -0.1) is 0 Å². The molecule has 0 aliphatic carbocycles. The molecule has 0 unspecified atom stereocenters. The Bertz CT molecular complexity index is 1270. The van der Waals surface area contributed by atoms with Crippen LogP contribution in [0.4, 0.5) is 0 Å². The number of aryl methyl sites for hydroxylation is 2. The molecule has 0 radical (unpaired) electrons. The molecule has 1 saturated heterocycles. The second-order valence-electron chi connectivity index (χ2n) is 7.38. The first-order valence-electron chi connectivity index (χ1n) is 9.66. The van der Waals surface area contributed by atoms with Gasteiger partial charge in [-0.3, -0.25) is 14.4 Å². The Labute approximate surface area is 183 Å². The maximum absolute atomic E-state index is 12.8. The first-order valence-corrected chi connectivity index (χ1v) is 11.9. The minimum Gasteiger partial charge on any atom is -0.340 e. The average Bonchev–Trinajstić information content (AvgIpc) is 3.06. The average molecular weight is 466 g/mol. The van der Waals surface area contributed by atoms with Crippen molar-refractivity contribution >= 4 is 27.3 Å². The molecule has 1 amide bonds. The highest BCUT2D eigenvalue weighted by atomic mass is 32.2. The van der Waals surface area contributed by atoms with Gasteiger partial charge in [0.2, 0.25) is 5.91 Å². The van der Waals surface area contributed by atoms with Gasteiger partial charge in [0.25, 0.3) is 15.6 Å². The summed E-state index contributed by atoms with van der Waals surface area (Å²) in [6.07, 6.45) is 0.556. The van der Waals surface area contributed by atoms with Gasteiger partial charge < -0.3 is 14.9 Å².